The van der Waals surface area contributed by atoms with Crippen LogP contribution >= 0.6 is 0 Å². The first kappa shape index (κ1) is 8.15. The molecule has 5 fully saturated rings. The molecule has 0 aromatic rings. The minimum absolute atomic E-state index is 0.0859. The van der Waals surface area contributed by atoms with Crippen molar-refractivity contribution >= 4 is 0 Å². The van der Waals surface area contributed by atoms with Gasteiger partial charge in [0.05, 0.1) is 6.10 Å². The molecule has 5 saturated carbocycles. The number of aliphatic hydroxyl groups is 1. The normalized spacial score (nSPS) is 60.6. The third kappa shape index (κ3) is 0.856. The molecule has 1 heteroatoms. The molecule has 1 nitrogen and oxygen atoms in total. The van der Waals surface area contributed by atoms with E-state index in [-0.39, 0.29) is 6.10 Å². The molecule has 0 amide bonds. The van der Waals surface area contributed by atoms with Gasteiger partial charge < -0.3 is 5.11 Å². The van der Waals surface area contributed by atoms with Crippen LogP contribution in [0.25, 0.3) is 0 Å². The Balaban J connectivity index is 1.75. The largest absolute Gasteiger partial charge is 0.392 e. The number of aliphatic hydroxyl groups excluding tert-OH is 1. The Morgan fingerprint density at radius 2 is 1.57 bits per heavy atom. The van der Waals surface area contributed by atoms with E-state index in [1.54, 1.807) is 0 Å². The predicted octanol–water partition coefficient (Wildman–Crippen LogP) is 2.58. The van der Waals surface area contributed by atoms with E-state index in [9.17, 15) is 5.11 Å². The molecule has 0 aliphatic heterocycles. The van der Waals surface area contributed by atoms with Crippen LogP contribution in [-0.2, 0) is 0 Å². The molecular formula is C13H20O. The maximum Gasteiger partial charge on any atom is 0.0627 e. The second kappa shape index (κ2) is 2.37. The van der Waals surface area contributed by atoms with Crippen molar-refractivity contribution in [1.82, 2.24) is 0 Å². The lowest BCUT2D eigenvalue weighted by molar-refractivity contribution is -0.165. The number of hydrogen-bond donors (Lipinski definition) is 1. The Kier molecular flexibility index (Phi) is 1.38. The van der Waals surface area contributed by atoms with Crippen LogP contribution in [0.4, 0.5) is 0 Å². The monoisotopic (exact) mass is 192 g/mol. The highest BCUT2D eigenvalue weighted by Crippen LogP contribution is 2.67. The van der Waals surface area contributed by atoms with E-state index >= 15 is 0 Å². The fourth-order valence-electron chi connectivity index (χ4n) is 5.31. The molecule has 1 N–H and O–H groups in total. The topological polar surface area (TPSA) is 20.2 Å². The van der Waals surface area contributed by atoms with Gasteiger partial charge in [-0.3, -0.25) is 0 Å². The van der Waals surface area contributed by atoms with Crippen molar-refractivity contribution in [3.8, 4) is 0 Å². The van der Waals surface area contributed by atoms with Crippen LogP contribution in [-0.4, -0.2) is 11.2 Å². The van der Waals surface area contributed by atoms with E-state index in [1.165, 1.54) is 44.9 Å². The predicted molar refractivity (Wildman–Crippen MR) is 54.7 cm³/mol. The van der Waals surface area contributed by atoms with Crippen molar-refractivity contribution in [2.75, 3.05) is 0 Å². The van der Waals surface area contributed by atoms with Crippen LogP contribution in [0.2, 0.25) is 0 Å². The molecule has 0 aromatic heterocycles. The lowest BCUT2D eigenvalue weighted by Crippen LogP contribution is -2.56. The highest BCUT2D eigenvalue weighted by molar-refractivity contribution is 5.11. The molecule has 14 heavy (non-hydrogen) atoms. The fraction of sp³-hybridized carbons (Fsp3) is 1.00. The van der Waals surface area contributed by atoms with Crippen LogP contribution in [0.5, 0.6) is 0 Å². The third-order valence-corrected chi connectivity index (χ3v) is 5.70. The Morgan fingerprint density at radius 3 is 2.14 bits per heavy atom. The van der Waals surface area contributed by atoms with E-state index in [0.29, 0.717) is 11.3 Å². The maximum atomic E-state index is 10.5. The zero-order valence-electron chi connectivity index (χ0n) is 8.78. The zero-order chi connectivity index (χ0) is 9.34. The number of hydrogen-bond acceptors (Lipinski definition) is 1. The Morgan fingerprint density at radius 1 is 0.929 bits per heavy atom. The van der Waals surface area contributed by atoms with Gasteiger partial charge in [-0.15, -0.1) is 0 Å². The second-order valence-corrected chi connectivity index (χ2v) is 6.56. The van der Waals surface area contributed by atoms with Crippen molar-refractivity contribution in [2.24, 2.45) is 29.1 Å². The van der Waals surface area contributed by atoms with Gasteiger partial charge in [-0.25, -0.2) is 0 Å². The van der Waals surface area contributed by atoms with Gasteiger partial charge in [0.25, 0.3) is 0 Å². The molecule has 3 unspecified atom stereocenters. The molecule has 0 heterocycles. The second-order valence-electron chi connectivity index (χ2n) is 6.56. The molecule has 5 rings (SSSR count). The average molecular weight is 192 g/mol. The molecule has 78 valence electrons. The standard InChI is InChI=1S/C13H20O/c14-12-10-4-8-3-9(5-10)7-13(12,6-8)11-1-2-11/h8-12,14H,1-7H2. The van der Waals surface area contributed by atoms with Gasteiger partial charge in [0, 0.05) is 0 Å². The lowest BCUT2D eigenvalue weighted by Gasteiger charge is -2.60. The average Bonchev–Trinajstić information content (AvgIpc) is 2.95. The smallest absolute Gasteiger partial charge is 0.0627 e. The summed E-state index contributed by atoms with van der Waals surface area (Å²) >= 11 is 0. The van der Waals surface area contributed by atoms with Gasteiger partial charge in [0.1, 0.15) is 0 Å². The van der Waals surface area contributed by atoms with Gasteiger partial charge in [-0.2, -0.15) is 0 Å². The van der Waals surface area contributed by atoms with Gasteiger partial charge in [-0.1, -0.05) is 0 Å². The van der Waals surface area contributed by atoms with Crippen molar-refractivity contribution in [1.29, 1.82) is 0 Å². The summed E-state index contributed by atoms with van der Waals surface area (Å²) in [5.41, 5.74) is 0.425. The van der Waals surface area contributed by atoms with Crippen molar-refractivity contribution in [3.05, 3.63) is 0 Å². The summed E-state index contributed by atoms with van der Waals surface area (Å²) in [6.45, 7) is 0. The van der Waals surface area contributed by atoms with Gasteiger partial charge in [0.2, 0.25) is 0 Å². The third-order valence-electron chi connectivity index (χ3n) is 5.70. The summed E-state index contributed by atoms with van der Waals surface area (Å²) in [4.78, 5) is 0. The first-order valence-electron chi connectivity index (χ1n) is 6.46. The molecule has 5 aliphatic carbocycles. The van der Waals surface area contributed by atoms with Crippen molar-refractivity contribution < 1.29 is 5.11 Å². The molecule has 0 radical (unpaired) electrons. The SMILES string of the molecule is OC1C2CC3CC(C2)CC1(C1CC1)C3. The summed E-state index contributed by atoms with van der Waals surface area (Å²) in [5, 5.41) is 10.5. The van der Waals surface area contributed by atoms with Crippen LogP contribution in [0.3, 0.4) is 0 Å². The van der Waals surface area contributed by atoms with Crippen LogP contribution in [0.1, 0.15) is 44.9 Å². The summed E-state index contributed by atoms with van der Waals surface area (Å²) in [5.74, 6) is 3.61. The molecule has 0 spiro atoms. The molecule has 0 saturated heterocycles. The van der Waals surface area contributed by atoms with Gasteiger partial charge in [0.15, 0.2) is 0 Å². The molecular weight excluding hydrogens is 172 g/mol. The maximum absolute atomic E-state index is 10.5. The lowest BCUT2D eigenvalue weighted by atomic mass is 9.47. The zero-order valence-corrected chi connectivity index (χ0v) is 8.78. The Hall–Kier alpha value is -0.0400. The summed E-state index contributed by atoms with van der Waals surface area (Å²) in [6, 6.07) is 0. The minimum atomic E-state index is 0.0859. The van der Waals surface area contributed by atoms with E-state index in [4.69, 9.17) is 0 Å². The summed E-state index contributed by atoms with van der Waals surface area (Å²) < 4.78 is 0. The summed E-state index contributed by atoms with van der Waals surface area (Å²) in [7, 11) is 0. The highest BCUT2D eigenvalue weighted by Gasteiger charge is 2.61. The van der Waals surface area contributed by atoms with Crippen LogP contribution < -0.4 is 0 Å². The van der Waals surface area contributed by atoms with Crippen molar-refractivity contribution in [2.45, 2.75) is 51.0 Å². The molecule has 0 aromatic carbocycles. The molecule has 3 atom stereocenters. The Labute approximate surface area is 85.9 Å². The first-order chi connectivity index (χ1) is 6.78. The van der Waals surface area contributed by atoms with Gasteiger partial charge >= 0.3 is 0 Å². The highest BCUT2D eigenvalue weighted by atomic mass is 16.3. The molecule has 5 aliphatic rings. The fourth-order valence-corrected chi connectivity index (χ4v) is 5.31. The van der Waals surface area contributed by atoms with E-state index in [0.717, 1.165) is 17.8 Å². The van der Waals surface area contributed by atoms with Crippen LogP contribution in [0.15, 0.2) is 0 Å². The summed E-state index contributed by atoms with van der Waals surface area (Å²) in [6.07, 6.45) is 9.89. The van der Waals surface area contributed by atoms with Gasteiger partial charge in [-0.05, 0) is 74.0 Å². The number of rotatable bonds is 1. The van der Waals surface area contributed by atoms with E-state index < -0.39 is 0 Å². The quantitative estimate of drug-likeness (QED) is 0.677. The molecule has 4 bridgehead atoms. The minimum Gasteiger partial charge on any atom is -0.392 e. The van der Waals surface area contributed by atoms with E-state index in [2.05, 4.69) is 0 Å². The van der Waals surface area contributed by atoms with Crippen LogP contribution in [0, 0.1) is 29.1 Å². The first-order valence-corrected chi connectivity index (χ1v) is 6.46. The van der Waals surface area contributed by atoms with Crippen molar-refractivity contribution in [3.63, 3.8) is 0 Å². The van der Waals surface area contributed by atoms with E-state index in [1.807, 2.05) is 0 Å². The Bertz CT molecular complexity index is 254.